The van der Waals surface area contributed by atoms with Gasteiger partial charge in [0, 0.05) is 69.3 Å². The number of hydrogen-bond donors (Lipinski definition) is 1. The molecule has 2 fully saturated rings. The summed E-state index contributed by atoms with van der Waals surface area (Å²) in [6, 6.07) is 8.08. The maximum Gasteiger partial charge on any atom is 0.253 e. The second kappa shape index (κ2) is 10.7. The first-order valence-electron chi connectivity index (χ1n) is 11.9. The highest BCUT2D eigenvalue weighted by atomic mass is 16.2. The van der Waals surface area contributed by atoms with Crippen LogP contribution >= 0.6 is 0 Å². The zero-order valence-electron chi connectivity index (χ0n) is 19.1. The number of amides is 2. The number of rotatable bonds is 7. The number of carbonyl (C=O) groups excluding carboxylic acids is 2. The van der Waals surface area contributed by atoms with E-state index in [9.17, 15) is 9.59 Å². The third kappa shape index (κ3) is 5.90. The molecule has 0 saturated carbocycles. The number of piperidine rings is 2. The minimum atomic E-state index is 0.0598. The van der Waals surface area contributed by atoms with Crippen LogP contribution in [0.3, 0.4) is 0 Å². The quantitative estimate of drug-likeness (QED) is 0.722. The highest BCUT2D eigenvalue weighted by Crippen LogP contribution is 2.25. The average molecular weight is 438 g/mol. The Morgan fingerprint density at radius 1 is 1.09 bits per heavy atom. The van der Waals surface area contributed by atoms with Crippen LogP contribution in [-0.4, -0.2) is 59.0 Å². The fourth-order valence-electron chi connectivity index (χ4n) is 4.76. The lowest BCUT2D eigenvalue weighted by Crippen LogP contribution is -2.41. The lowest BCUT2D eigenvalue weighted by atomic mass is 9.94. The van der Waals surface area contributed by atoms with E-state index in [0.717, 1.165) is 44.0 Å². The number of carbonyl (C=O) groups is 2. The first-order valence-corrected chi connectivity index (χ1v) is 11.9. The molecule has 0 aliphatic carbocycles. The third-order valence-electron chi connectivity index (χ3n) is 6.79. The molecule has 1 unspecified atom stereocenters. The van der Waals surface area contributed by atoms with E-state index >= 15 is 0 Å². The molecule has 4 rings (SSSR count). The van der Waals surface area contributed by atoms with Crippen LogP contribution in [0.2, 0.25) is 0 Å². The Labute approximate surface area is 190 Å². The van der Waals surface area contributed by atoms with Crippen LogP contribution in [0.25, 0.3) is 0 Å². The van der Waals surface area contributed by atoms with Gasteiger partial charge in [-0.2, -0.15) is 0 Å². The number of anilines is 1. The van der Waals surface area contributed by atoms with Crippen molar-refractivity contribution < 1.29 is 9.59 Å². The minimum Gasteiger partial charge on any atom is -0.372 e. The summed E-state index contributed by atoms with van der Waals surface area (Å²) in [6.45, 7) is 7.22. The van der Waals surface area contributed by atoms with Crippen LogP contribution in [0.15, 0.2) is 43.0 Å². The molecular formula is C25H35N5O2. The van der Waals surface area contributed by atoms with E-state index in [4.69, 9.17) is 0 Å². The summed E-state index contributed by atoms with van der Waals surface area (Å²) in [5.41, 5.74) is 1.95. The van der Waals surface area contributed by atoms with Gasteiger partial charge in [-0.25, -0.2) is 4.98 Å². The van der Waals surface area contributed by atoms with Crippen LogP contribution in [0.5, 0.6) is 0 Å². The van der Waals surface area contributed by atoms with Gasteiger partial charge >= 0.3 is 0 Å². The summed E-state index contributed by atoms with van der Waals surface area (Å²) in [7, 11) is 0. The standard InChI is InChI=1S/C25H35N5O2/c1-20-8-13-29(14-9-20)23-6-4-22(5-7-23)25(32)30-12-2-3-21(18-30)17-24(31)27-11-16-28-15-10-26-19-28/h4-7,10,15,19-21H,2-3,8-9,11-14,16-18H2,1H3,(H,27,31). The van der Waals surface area contributed by atoms with E-state index in [1.807, 2.05) is 27.8 Å². The van der Waals surface area contributed by atoms with E-state index in [1.165, 1.54) is 18.5 Å². The first kappa shape index (κ1) is 22.4. The smallest absolute Gasteiger partial charge is 0.253 e. The minimum absolute atomic E-state index is 0.0598. The molecule has 1 aromatic carbocycles. The lowest BCUT2D eigenvalue weighted by Gasteiger charge is -2.33. The molecule has 2 amide bonds. The molecule has 0 radical (unpaired) electrons. The summed E-state index contributed by atoms with van der Waals surface area (Å²) in [6.07, 6.45) is 10.2. The van der Waals surface area contributed by atoms with E-state index in [0.29, 0.717) is 26.1 Å². The molecule has 0 bridgehead atoms. The fraction of sp³-hybridized carbons (Fsp3) is 0.560. The molecule has 172 valence electrons. The van der Waals surface area contributed by atoms with E-state index in [-0.39, 0.29) is 17.7 Å². The van der Waals surface area contributed by atoms with Crippen molar-refractivity contribution >= 4 is 17.5 Å². The van der Waals surface area contributed by atoms with Crippen molar-refractivity contribution in [2.75, 3.05) is 37.6 Å². The van der Waals surface area contributed by atoms with Crippen LogP contribution < -0.4 is 10.2 Å². The summed E-state index contributed by atoms with van der Waals surface area (Å²) >= 11 is 0. The summed E-state index contributed by atoms with van der Waals surface area (Å²) in [5, 5.41) is 2.99. The fourth-order valence-corrected chi connectivity index (χ4v) is 4.76. The Balaban J connectivity index is 1.25. The van der Waals surface area contributed by atoms with Crippen molar-refractivity contribution in [1.29, 1.82) is 0 Å². The van der Waals surface area contributed by atoms with Gasteiger partial charge in [-0.3, -0.25) is 9.59 Å². The van der Waals surface area contributed by atoms with Crippen molar-refractivity contribution in [1.82, 2.24) is 19.8 Å². The van der Waals surface area contributed by atoms with Crippen LogP contribution in [0, 0.1) is 11.8 Å². The summed E-state index contributed by atoms with van der Waals surface area (Å²) in [5.74, 6) is 1.16. The van der Waals surface area contributed by atoms with Crippen molar-refractivity contribution in [2.24, 2.45) is 11.8 Å². The van der Waals surface area contributed by atoms with Gasteiger partial charge in [-0.1, -0.05) is 6.92 Å². The Kier molecular flexibility index (Phi) is 7.45. The highest BCUT2D eigenvalue weighted by Gasteiger charge is 2.26. The van der Waals surface area contributed by atoms with E-state index in [2.05, 4.69) is 34.3 Å². The normalized spacial score (nSPS) is 19.7. The molecule has 2 saturated heterocycles. The second-order valence-electron chi connectivity index (χ2n) is 9.33. The molecule has 1 aromatic heterocycles. The zero-order chi connectivity index (χ0) is 22.3. The van der Waals surface area contributed by atoms with Crippen LogP contribution in [0.4, 0.5) is 5.69 Å². The predicted octanol–water partition coefficient (Wildman–Crippen LogP) is 3.18. The molecule has 2 aliphatic heterocycles. The molecule has 1 N–H and O–H groups in total. The van der Waals surface area contributed by atoms with Crippen molar-refractivity contribution in [3.05, 3.63) is 48.5 Å². The monoisotopic (exact) mass is 437 g/mol. The maximum atomic E-state index is 13.1. The van der Waals surface area contributed by atoms with Gasteiger partial charge < -0.3 is 19.7 Å². The van der Waals surface area contributed by atoms with Crippen LogP contribution in [-0.2, 0) is 11.3 Å². The van der Waals surface area contributed by atoms with Crippen molar-refractivity contribution in [3.8, 4) is 0 Å². The van der Waals surface area contributed by atoms with Crippen molar-refractivity contribution in [3.63, 3.8) is 0 Å². The van der Waals surface area contributed by atoms with E-state index < -0.39 is 0 Å². The molecule has 32 heavy (non-hydrogen) atoms. The maximum absolute atomic E-state index is 13.1. The van der Waals surface area contributed by atoms with Gasteiger partial charge in [0.1, 0.15) is 0 Å². The number of imidazole rings is 1. The molecule has 0 spiro atoms. The SMILES string of the molecule is CC1CCN(c2ccc(C(=O)N3CCCC(CC(=O)NCCn4ccnc4)C3)cc2)CC1. The second-order valence-corrected chi connectivity index (χ2v) is 9.33. The van der Waals surface area contributed by atoms with Gasteiger partial charge in [-0.15, -0.1) is 0 Å². The molecule has 2 aliphatic rings. The predicted molar refractivity (Wildman–Crippen MR) is 126 cm³/mol. The van der Waals surface area contributed by atoms with Gasteiger partial charge in [0.15, 0.2) is 0 Å². The molecule has 7 nitrogen and oxygen atoms in total. The third-order valence-corrected chi connectivity index (χ3v) is 6.79. The first-order chi connectivity index (χ1) is 15.6. The number of benzene rings is 1. The topological polar surface area (TPSA) is 70.5 Å². The molecular weight excluding hydrogens is 402 g/mol. The Morgan fingerprint density at radius 2 is 1.88 bits per heavy atom. The summed E-state index contributed by atoms with van der Waals surface area (Å²) in [4.78, 5) is 33.8. The lowest BCUT2D eigenvalue weighted by molar-refractivity contribution is -0.122. The van der Waals surface area contributed by atoms with E-state index in [1.54, 1.807) is 12.5 Å². The number of likely N-dealkylation sites (tertiary alicyclic amines) is 1. The molecule has 3 heterocycles. The van der Waals surface area contributed by atoms with Gasteiger partial charge in [0.2, 0.25) is 5.91 Å². The molecule has 7 heteroatoms. The molecule has 1 atom stereocenters. The number of nitrogens with one attached hydrogen (secondary N) is 1. The van der Waals surface area contributed by atoms with Gasteiger partial charge in [-0.05, 0) is 61.8 Å². The summed E-state index contributed by atoms with van der Waals surface area (Å²) < 4.78 is 1.94. The number of hydrogen-bond acceptors (Lipinski definition) is 4. The highest BCUT2D eigenvalue weighted by molar-refractivity contribution is 5.94. The Morgan fingerprint density at radius 3 is 2.59 bits per heavy atom. The Bertz CT molecular complexity index is 872. The van der Waals surface area contributed by atoms with Crippen LogP contribution in [0.1, 0.15) is 49.4 Å². The average Bonchev–Trinajstić information content (AvgIpc) is 3.33. The number of aromatic nitrogens is 2. The van der Waals surface area contributed by atoms with Gasteiger partial charge in [0.25, 0.3) is 5.91 Å². The molecule has 2 aromatic rings. The van der Waals surface area contributed by atoms with Crippen molar-refractivity contribution in [2.45, 2.75) is 45.6 Å². The largest absolute Gasteiger partial charge is 0.372 e. The number of nitrogens with zero attached hydrogens (tertiary/aromatic N) is 4. The van der Waals surface area contributed by atoms with Gasteiger partial charge in [0.05, 0.1) is 6.33 Å². The zero-order valence-corrected chi connectivity index (χ0v) is 19.1. The Hall–Kier alpha value is -2.83.